The van der Waals surface area contributed by atoms with E-state index in [1.165, 1.54) is 0 Å². The summed E-state index contributed by atoms with van der Waals surface area (Å²) in [4.78, 5) is 0. The maximum absolute atomic E-state index is 10.7. The topological polar surface area (TPSA) is 0 Å². The zero-order valence-electron chi connectivity index (χ0n) is 9.85. The summed E-state index contributed by atoms with van der Waals surface area (Å²) in [5.41, 5.74) is 0. The molecule has 23 heteroatoms. The molecule has 0 N–H and O–H groups in total. The second kappa shape index (κ2) is 5.69. The molecular weight excluding hydrogens is 482 g/mol. The Bertz CT molecular complexity index is 271. The van der Waals surface area contributed by atoms with Crippen LogP contribution in [0.5, 0.6) is 0 Å². The predicted molar refractivity (Wildman–Crippen MR) is 46.5 cm³/mol. The molecule has 0 aromatic rings. The van der Waals surface area contributed by atoms with Crippen molar-refractivity contribution in [3.8, 4) is 0 Å². The summed E-state index contributed by atoms with van der Waals surface area (Å²) in [7, 11) is -32.0. The quantitative estimate of drug-likeness (QED) is 0.203. The van der Waals surface area contributed by atoms with Crippen molar-refractivity contribution in [2.24, 2.45) is 0 Å². The van der Waals surface area contributed by atoms with E-state index in [0.717, 1.165) is 0 Å². The van der Waals surface area contributed by atoms with E-state index in [1.54, 1.807) is 0 Å². The predicted octanol–water partition coefficient (Wildman–Crippen LogP) is 6.77. The third-order valence-electron chi connectivity index (χ3n) is 0. The van der Waals surface area contributed by atoms with Crippen LogP contribution in [-0.2, 0) is 0 Å². The van der Waals surface area contributed by atoms with E-state index in [0.29, 0.717) is 0 Å². The van der Waals surface area contributed by atoms with Crippen molar-refractivity contribution in [1.82, 2.24) is 0 Å². The molecule has 0 saturated heterocycles. The van der Waals surface area contributed by atoms with Crippen molar-refractivity contribution >= 4 is 61.2 Å². The summed E-state index contributed by atoms with van der Waals surface area (Å²) in [6, 6.07) is 0. The second-order valence-electron chi connectivity index (χ2n) is 2.87. The molecule has 0 unspecified atom stereocenters. The summed E-state index contributed by atoms with van der Waals surface area (Å²) < 4.78 is 178. The Morgan fingerprint density at radius 3 is 0.261 bits per heavy atom. The molecule has 0 amide bonds. The standard InChI is InChI=1S/Ca.3F6P.Li/c;3*1-7(2,3,4,5)6;/q+2;3*-1;+1. The molecule has 0 fully saturated rings. The smallest absolute Gasteiger partial charge is 1.00 e. The first kappa shape index (κ1) is 35.9. The molecule has 0 aliphatic heterocycles. The molecule has 0 radical (unpaired) electrons. The Morgan fingerprint density at radius 2 is 0.261 bits per heavy atom. The molecule has 0 heterocycles. The van der Waals surface area contributed by atoms with E-state index in [1.807, 2.05) is 0 Å². The monoisotopic (exact) mass is 482 g/mol. The van der Waals surface area contributed by atoms with Gasteiger partial charge in [0, 0.05) is 0 Å². The summed E-state index contributed by atoms with van der Waals surface area (Å²) in [5.74, 6) is 0. The minimum Gasteiger partial charge on any atom is 1.00 e. The first-order valence-corrected chi connectivity index (χ1v) is 9.13. The van der Waals surface area contributed by atoms with Gasteiger partial charge in [0.25, 0.3) is 0 Å². The molecule has 0 atom stereocenters. The van der Waals surface area contributed by atoms with Crippen molar-refractivity contribution in [2.45, 2.75) is 0 Å². The van der Waals surface area contributed by atoms with Gasteiger partial charge in [0.15, 0.2) is 0 Å². The Morgan fingerprint density at radius 1 is 0.261 bits per heavy atom. The maximum Gasteiger partial charge on any atom is 2.00 e. The molecule has 0 saturated carbocycles. The van der Waals surface area contributed by atoms with Crippen LogP contribution in [0.25, 0.3) is 0 Å². The first-order valence-electron chi connectivity index (χ1n) is 3.04. The van der Waals surface area contributed by atoms with Gasteiger partial charge in [0.2, 0.25) is 0 Å². The van der Waals surface area contributed by atoms with E-state index < -0.39 is 23.4 Å². The minimum absolute atomic E-state index is 0. The van der Waals surface area contributed by atoms with Crippen LogP contribution in [0.1, 0.15) is 0 Å². The first-order chi connectivity index (χ1) is 7.35. The van der Waals surface area contributed by atoms with Gasteiger partial charge in [-0.05, 0) is 0 Å². The van der Waals surface area contributed by atoms with E-state index in [-0.39, 0.29) is 56.6 Å². The van der Waals surface area contributed by atoms with Gasteiger partial charge in [-0.15, -0.1) is 0 Å². The average molecular weight is 482 g/mol. The van der Waals surface area contributed by atoms with Gasteiger partial charge in [-0.25, -0.2) is 0 Å². The van der Waals surface area contributed by atoms with Gasteiger partial charge >= 0.3 is 156 Å². The Kier molecular flexibility index (Phi) is 8.89. The molecule has 0 nitrogen and oxygen atoms in total. The van der Waals surface area contributed by atoms with Gasteiger partial charge < -0.3 is 0 Å². The van der Waals surface area contributed by atoms with Crippen LogP contribution in [0, 0.1) is 0 Å². The second-order valence-corrected chi connectivity index (χ2v) is 8.62. The fraction of sp³-hybridized carbons (Fsp3) is 0. The Balaban J connectivity index is -0.0000000675. The van der Waals surface area contributed by atoms with Gasteiger partial charge in [-0.2, -0.15) is 0 Å². The van der Waals surface area contributed by atoms with Crippen LogP contribution in [0.3, 0.4) is 0 Å². The molecule has 0 aromatic heterocycles. The summed E-state index contributed by atoms with van der Waals surface area (Å²) in [6.07, 6.45) is 0. The summed E-state index contributed by atoms with van der Waals surface area (Å²) in [5, 5.41) is 0. The SMILES string of the molecule is F[P-](F)(F)(F)(F)F.F[P-](F)(F)(F)(F)F.F[P-](F)(F)(F)(F)F.[Ca+2].[Li+]. The van der Waals surface area contributed by atoms with Crippen molar-refractivity contribution in [1.29, 1.82) is 0 Å². The van der Waals surface area contributed by atoms with Gasteiger partial charge in [-0.3, -0.25) is 0 Å². The average Bonchev–Trinajstić information content (AvgIpc) is 1.19. The fourth-order valence-electron chi connectivity index (χ4n) is 0. The fourth-order valence-corrected chi connectivity index (χ4v) is 0. The Hall–Kier alpha value is 1.89. The number of halogens is 18. The largest absolute Gasteiger partial charge is 2.00 e. The molecule has 0 aromatic carbocycles. The molecular formula is CaF18LiP3. The van der Waals surface area contributed by atoms with Crippen LogP contribution >= 0.6 is 23.4 Å². The number of hydrogen-bond donors (Lipinski definition) is 0. The van der Waals surface area contributed by atoms with Crippen LogP contribution in [-0.4, -0.2) is 37.7 Å². The van der Waals surface area contributed by atoms with Crippen LogP contribution < -0.4 is 18.9 Å². The zero-order chi connectivity index (χ0) is 19.2. The van der Waals surface area contributed by atoms with Gasteiger partial charge in [0.1, 0.15) is 0 Å². The van der Waals surface area contributed by atoms with E-state index in [4.69, 9.17) is 0 Å². The van der Waals surface area contributed by atoms with Gasteiger partial charge in [0.05, 0.1) is 0 Å². The number of rotatable bonds is 0. The molecule has 0 rings (SSSR count). The zero-order valence-corrected chi connectivity index (χ0v) is 14.7. The van der Waals surface area contributed by atoms with Crippen molar-refractivity contribution in [3.63, 3.8) is 0 Å². The molecule has 0 aliphatic carbocycles. The van der Waals surface area contributed by atoms with E-state index >= 15 is 0 Å². The summed E-state index contributed by atoms with van der Waals surface area (Å²) >= 11 is 0. The van der Waals surface area contributed by atoms with Crippen LogP contribution in [0.15, 0.2) is 0 Å². The van der Waals surface area contributed by atoms with Crippen molar-refractivity contribution < 1.29 is 94.4 Å². The molecule has 0 aliphatic rings. The summed E-state index contributed by atoms with van der Waals surface area (Å²) in [6.45, 7) is 0. The Labute approximate surface area is 155 Å². The minimum atomic E-state index is -10.7. The number of hydrogen-bond acceptors (Lipinski definition) is 0. The van der Waals surface area contributed by atoms with E-state index in [9.17, 15) is 75.5 Å². The van der Waals surface area contributed by atoms with Crippen molar-refractivity contribution in [2.75, 3.05) is 0 Å². The molecule has 144 valence electrons. The molecule has 23 heavy (non-hydrogen) atoms. The van der Waals surface area contributed by atoms with Crippen LogP contribution in [0.4, 0.5) is 75.5 Å². The van der Waals surface area contributed by atoms with Crippen molar-refractivity contribution in [3.05, 3.63) is 0 Å². The third-order valence-corrected chi connectivity index (χ3v) is 0. The third kappa shape index (κ3) is 3210. The van der Waals surface area contributed by atoms with Gasteiger partial charge in [-0.1, -0.05) is 0 Å². The maximum atomic E-state index is 9.87. The molecule has 0 spiro atoms. The van der Waals surface area contributed by atoms with E-state index in [2.05, 4.69) is 0 Å². The normalized spacial score (nSPS) is 21.1. The van der Waals surface area contributed by atoms with Crippen LogP contribution in [0.2, 0.25) is 0 Å². The molecule has 0 bridgehead atoms.